The van der Waals surface area contributed by atoms with E-state index < -0.39 is 28.6 Å². The van der Waals surface area contributed by atoms with Crippen LogP contribution in [0.4, 0.5) is 0 Å². The van der Waals surface area contributed by atoms with Crippen molar-refractivity contribution in [2.45, 2.75) is 6.10 Å². The van der Waals surface area contributed by atoms with Gasteiger partial charge in [-0.3, -0.25) is 9.59 Å². The number of rotatable bonds is 7. The van der Waals surface area contributed by atoms with E-state index in [0.717, 1.165) is 10.6 Å². The van der Waals surface area contributed by atoms with Crippen molar-refractivity contribution in [2.24, 2.45) is 0 Å². The van der Waals surface area contributed by atoms with Crippen LogP contribution in [0.15, 0.2) is 0 Å². The third-order valence-corrected chi connectivity index (χ3v) is 4.16. The fourth-order valence-electron chi connectivity index (χ4n) is 1.97. The molecule has 0 aromatic carbocycles. The number of nitrogens with zero attached hydrogens (tertiary/aromatic N) is 2. The van der Waals surface area contributed by atoms with Gasteiger partial charge in [-0.2, -0.15) is 4.31 Å². The second-order valence-electron chi connectivity index (χ2n) is 4.71. The molecular formula is C11H20N2O7S. The Morgan fingerprint density at radius 1 is 1.48 bits per heavy atom. The van der Waals surface area contributed by atoms with E-state index in [9.17, 15) is 18.0 Å². The monoisotopic (exact) mass is 324 g/mol. The number of carbonyl (C=O) groups is 2. The van der Waals surface area contributed by atoms with Crippen molar-refractivity contribution in [1.29, 1.82) is 0 Å². The van der Waals surface area contributed by atoms with Crippen molar-refractivity contribution in [2.75, 3.05) is 52.8 Å². The van der Waals surface area contributed by atoms with Gasteiger partial charge in [-0.1, -0.05) is 0 Å². The predicted molar refractivity (Wildman–Crippen MR) is 72.2 cm³/mol. The summed E-state index contributed by atoms with van der Waals surface area (Å²) in [5, 5.41) is 8.76. The van der Waals surface area contributed by atoms with Crippen LogP contribution in [0.25, 0.3) is 0 Å². The molecule has 1 aliphatic rings. The highest BCUT2D eigenvalue weighted by molar-refractivity contribution is 7.88. The lowest BCUT2D eigenvalue weighted by molar-refractivity contribution is -0.144. The molecule has 0 spiro atoms. The van der Waals surface area contributed by atoms with Crippen molar-refractivity contribution in [3.8, 4) is 0 Å². The lowest BCUT2D eigenvalue weighted by atomic mass is 10.2. The molecule has 0 radical (unpaired) electrons. The Bertz CT molecular complexity index is 479. The van der Waals surface area contributed by atoms with Crippen LogP contribution in [-0.4, -0.2) is 93.5 Å². The van der Waals surface area contributed by atoms with Crippen LogP contribution in [0.5, 0.6) is 0 Å². The first-order valence-corrected chi connectivity index (χ1v) is 8.14. The lowest BCUT2D eigenvalue weighted by Crippen LogP contribution is -2.51. The third kappa shape index (κ3) is 5.96. The van der Waals surface area contributed by atoms with E-state index in [2.05, 4.69) is 0 Å². The van der Waals surface area contributed by atoms with E-state index in [1.54, 1.807) is 0 Å². The number of carboxylic acid groups (broad SMARTS) is 1. The zero-order chi connectivity index (χ0) is 16.0. The van der Waals surface area contributed by atoms with Gasteiger partial charge in [0.15, 0.2) is 0 Å². The van der Waals surface area contributed by atoms with Gasteiger partial charge in [-0.05, 0) is 0 Å². The average Bonchev–Trinajstić information content (AvgIpc) is 2.37. The summed E-state index contributed by atoms with van der Waals surface area (Å²) in [5.41, 5.74) is 0. The third-order valence-electron chi connectivity index (χ3n) is 2.95. The van der Waals surface area contributed by atoms with E-state index in [-0.39, 0.29) is 32.2 Å². The number of morpholine rings is 1. The molecule has 0 aromatic heterocycles. The topological polar surface area (TPSA) is 113 Å². The molecule has 1 N–H and O–H groups in total. The molecule has 1 saturated heterocycles. The quantitative estimate of drug-likeness (QED) is 0.588. The second kappa shape index (κ2) is 7.69. The normalized spacial score (nSPS) is 19.8. The Kier molecular flexibility index (Phi) is 6.52. The van der Waals surface area contributed by atoms with Crippen LogP contribution in [0, 0.1) is 0 Å². The number of hydrogen-bond acceptors (Lipinski definition) is 6. The van der Waals surface area contributed by atoms with Crippen LogP contribution in [0.1, 0.15) is 0 Å². The zero-order valence-electron chi connectivity index (χ0n) is 12.0. The van der Waals surface area contributed by atoms with E-state index in [0.29, 0.717) is 6.54 Å². The molecule has 122 valence electrons. The smallest absolute Gasteiger partial charge is 0.318 e. The van der Waals surface area contributed by atoms with Crippen molar-refractivity contribution in [3.05, 3.63) is 0 Å². The zero-order valence-corrected chi connectivity index (χ0v) is 12.8. The summed E-state index contributed by atoms with van der Waals surface area (Å²) >= 11 is 0. The van der Waals surface area contributed by atoms with Gasteiger partial charge in [0.05, 0.1) is 19.0 Å². The first-order chi connectivity index (χ1) is 9.74. The van der Waals surface area contributed by atoms with Crippen LogP contribution >= 0.6 is 0 Å². The predicted octanol–water partition coefficient (Wildman–Crippen LogP) is -1.79. The molecule has 1 rings (SSSR count). The van der Waals surface area contributed by atoms with Gasteiger partial charge in [-0.15, -0.1) is 0 Å². The van der Waals surface area contributed by atoms with Gasteiger partial charge < -0.3 is 19.5 Å². The second-order valence-corrected chi connectivity index (χ2v) is 6.70. The van der Waals surface area contributed by atoms with Gasteiger partial charge >= 0.3 is 5.97 Å². The molecule has 0 saturated carbocycles. The maximum Gasteiger partial charge on any atom is 0.318 e. The maximum absolute atomic E-state index is 11.7. The van der Waals surface area contributed by atoms with E-state index >= 15 is 0 Å². The first-order valence-electron chi connectivity index (χ1n) is 6.29. The van der Waals surface area contributed by atoms with Crippen molar-refractivity contribution in [1.82, 2.24) is 9.21 Å². The van der Waals surface area contributed by atoms with Gasteiger partial charge in [0, 0.05) is 26.7 Å². The summed E-state index contributed by atoms with van der Waals surface area (Å²) in [4.78, 5) is 24.0. The van der Waals surface area contributed by atoms with Crippen LogP contribution in [0.3, 0.4) is 0 Å². The first kappa shape index (κ1) is 17.8. The molecule has 1 fully saturated rings. The molecule has 1 unspecified atom stereocenters. The minimum Gasteiger partial charge on any atom is -0.480 e. The highest BCUT2D eigenvalue weighted by Crippen LogP contribution is 2.10. The number of carbonyl (C=O) groups excluding carboxylic acids is 1. The molecule has 1 amide bonds. The summed E-state index contributed by atoms with van der Waals surface area (Å²) < 4.78 is 34.1. The number of amides is 1. The summed E-state index contributed by atoms with van der Waals surface area (Å²) in [6.45, 7) is 0.0688. The van der Waals surface area contributed by atoms with Crippen LogP contribution in [-0.2, 0) is 29.1 Å². The Morgan fingerprint density at radius 2 is 2.14 bits per heavy atom. The number of ether oxygens (including phenoxy) is 2. The van der Waals surface area contributed by atoms with Gasteiger partial charge in [0.25, 0.3) is 0 Å². The SMILES string of the molecule is COCC(=O)N1CCOC(CN(CC(=O)O)S(C)(=O)=O)C1. The number of sulfonamides is 1. The summed E-state index contributed by atoms with van der Waals surface area (Å²) in [5.74, 6) is -1.46. The molecule has 1 heterocycles. The lowest BCUT2D eigenvalue weighted by Gasteiger charge is -2.34. The Hall–Kier alpha value is -1.23. The number of hydrogen-bond donors (Lipinski definition) is 1. The average molecular weight is 324 g/mol. The summed E-state index contributed by atoms with van der Waals surface area (Å²) in [7, 11) is -2.25. The van der Waals surface area contributed by atoms with Gasteiger partial charge in [0.2, 0.25) is 15.9 Å². The summed E-state index contributed by atoms with van der Waals surface area (Å²) in [6, 6.07) is 0. The van der Waals surface area contributed by atoms with E-state index in [1.165, 1.54) is 12.0 Å². The standard InChI is InChI=1S/C11H20N2O7S/c1-19-8-10(14)12-3-4-20-9(5-12)6-13(7-11(15)16)21(2,17)18/h9H,3-8H2,1-2H3,(H,15,16). The number of methoxy groups -OCH3 is 1. The Morgan fingerprint density at radius 3 is 2.67 bits per heavy atom. The van der Waals surface area contributed by atoms with Gasteiger partial charge in [-0.25, -0.2) is 8.42 Å². The molecule has 0 bridgehead atoms. The van der Waals surface area contributed by atoms with E-state index in [4.69, 9.17) is 14.6 Å². The Balaban J connectivity index is 2.67. The maximum atomic E-state index is 11.7. The molecule has 1 aliphatic heterocycles. The molecule has 21 heavy (non-hydrogen) atoms. The molecule has 10 heteroatoms. The number of aliphatic carboxylic acids is 1. The number of carboxylic acids is 1. The molecule has 9 nitrogen and oxygen atoms in total. The molecule has 0 aromatic rings. The highest BCUT2D eigenvalue weighted by atomic mass is 32.2. The minimum atomic E-state index is -3.66. The molecule has 0 aliphatic carbocycles. The van der Waals surface area contributed by atoms with Crippen molar-refractivity contribution < 1.29 is 32.6 Å². The summed E-state index contributed by atoms with van der Waals surface area (Å²) in [6.07, 6.45) is 0.376. The fraction of sp³-hybridized carbons (Fsp3) is 0.818. The van der Waals surface area contributed by atoms with Crippen molar-refractivity contribution in [3.63, 3.8) is 0 Å². The highest BCUT2D eigenvalue weighted by Gasteiger charge is 2.29. The van der Waals surface area contributed by atoms with Gasteiger partial charge in [0.1, 0.15) is 13.2 Å². The van der Waals surface area contributed by atoms with Crippen LogP contribution in [0.2, 0.25) is 0 Å². The van der Waals surface area contributed by atoms with Crippen molar-refractivity contribution >= 4 is 21.9 Å². The fourth-order valence-corrected chi connectivity index (χ4v) is 2.75. The van der Waals surface area contributed by atoms with E-state index in [1.807, 2.05) is 0 Å². The minimum absolute atomic E-state index is 0.0579. The molecular weight excluding hydrogens is 304 g/mol. The Labute approximate surface area is 123 Å². The molecule has 1 atom stereocenters. The van der Waals surface area contributed by atoms with Crippen LogP contribution < -0.4 is 0 Å². The largest absolute Gasteiger partial charge is 0.480 e.